The summed E-state index contributed by atoms with van der Waals surface area (Å²) >= 11 is 0. The predicted molar refractivity (Wildman–Crippen MR) is 50.1 cm³/mol. The van der Waals surface area contributed by atoms with Gasteiger partial charge in [0.15, 0.2) is 5.78 Å². The number of hydrogen-bond acceptors (Lipinski definition) is 3. The molecular formula is C11H7FN2O. The van der Waals surface area contributed by atoms with Gasteiger partial charge in [0.05, 0.1) is 17.7 Å². The number of rotatable bonds is 3. The summed E-state index contributed by atoms with van der Waals surface area (Å²) in [5.41, 5.74) is -0.266. The van der Waals surface area contributed by atoms with Gasteiger partial charge in [0.2, 0.25) is 0 Å². The summed E-state index contributed by atoms with van der Waals surface area (Å²) < 4.78 is 20.6. The second-order valence-corrected chi connectivity index (χ2v) is 2.75. The summed E-state index contributed by atoms with van der Waals surface area (Å²) in [6.45, 7) is 0. The van der Waals surface area contributed by atoms with E-state index >= 15 is 0 Å². The lowest BCUT2D eigenvalue weighted by atomic mass is 10.0. The molecule has 0 heterocycles. The lowest BCUT2D eigenvalue weighted by Gasteiger charge is -2.01. The van der Waals surface area contributed by atoms with Crippen LogP contribution in [-0.4, -0.2) is 5.78 Å². The standard InChI is InChI=1S/C11H7FN2O/c12-10-4-2-1-3-9(10)11(15)5-8(6-13)7-14/h1-4,8H,5H2/i5D. The average molecular weight is 203 g/mol. The minimum absolute atomic E-state index is 0.266. The van der Waals surface area contributed by atoms with Crippen molar-refractivity contribution in [2.24, 2.45) is 5.92 Å². The molecule has 1 unspecified atom stereocenters. The first kappa shape index (κ1) is 9.36. The van der Waals surface area contributed by atoms with E-state index in [1.54, 1.807) is 0 Å². The molecule has 0 saturated heterocycles. The van der Waals surface area contributed by atoms with Crippen molar-refractivity contribution in [2.45, 2.75) is 6.40 Å². The fraction of sp³-hybridized carbons (Fsp3) is 0.182. The minimum atomic E-state index is -1.58. The molecule has 0 aliphatic rings. The van der Waals surface area contributed by atoms with Gasteiger partial charge in [0.25, 0.3) is 0 Å². The number of hydrogen-bond donors (Lipinski definition) is 0. The molecular weight excluding hydrogens is 195 g/mol. The first-order valence-corrected chi connectivity index (χ1v) is 4.12. The third-order valence-corrected chi connectivity index (χ3v) is 1.74. The van der Waals surface area contributed by atoms with E-state index in [-0.39, 0.29) is 5.56 Å². The lowest BCUT2D eigenvalue weighted by molar-refractivity contribution is 0.0973. The van der Waals surface area contributed by atoms with E-state index in [0.29, 0.717) is 0 Å². The molecule has 4 heteroatoms. The Labute approximate surface area is 87.8 Å². The first-order valence-electron chi connectivity index (χ1n) is 4.69. The molecule has 0 aromatic heterocycles. The maximum absolute atomic E-state index is 13.2. The Morgan fingerprint density at radius 2 is 2.07 bits per heavy atom. The van der Waals surface area contributed by atoms with Crippen LogP contribution in [0.15, 0.2) is 24.3 Å². The molecule has 1 aromatic rings. The number of nitrogens with zero attached hydrogens (tertiary/aromatic N) is 2. The molecule has 1 atom stereocenters. The Hall–Kier alpha value is -2.20. The molecule has 1 aromatic carbocycles. The third-order valence-electron chi connectivity index (χ3n) is 1.74. The average Bonchev–Trinajstić information content (AvgIpc) is 2.30. The van der Waals surface area contributed by atoms with Crippen molar-refractivity contribution in [3.05, 3.63) is 35.6 Å². The quantitative estimate of drug-likeness (QED) is 0.706. The maximum atomic E-state index is 13.2. The fourth-order valence-electron chi connectivity index (χ4n) is 1.01. The van der Waals surface area contributed by atoms with Crippen molar-refractivity contribution in [1.29, 1.82) is 10.5 Å². The number of halogens is 1. The van der Waals surface area contributed by atoms with Crippen molar-refractivity contribution in [1.82, 2.24) is 0 Å². The number of Topliss-reactive ketones (excluding diaryl/α,β-unsaturated/α-hetero) is 1. The van der Waals surface area contributed by atoms with Crippen LogP contribution in [0, 0.1) is 34.4 Å². The van der Waals surface area contributed by atoms with Crippen molar-refractivity contribution in [3.8, 4) is 12.1 Å². The van der Waals surface area contributed by atoms with Gasteiger partial charge in [-0.05, 0) is 12.1 Å². The Bertz CT molecular complexity index is 475. The molecule has 0 amide bonds. The Kier molecular flexibility index (Phi) is 3.04. The zero-order valence-corrected chi connectivity index (χ0v) is 7.64. The number of benzene rings is 1. The van der Waals surface area contributed by atoms with E-state index in [4.69, 9.17) is 11.9 Å². The topological polar surface area (TPSA) is 64.7 Å². The zero-order chi connectivity index (χ0) is 12.1. The van der Waals surface area contributed by atoms with Crippen molar-refractivity contribution >= 4 is 5.78 Å². The van der Waals surface area contributed by atoms with E-state index in [0.717, 1.165) is 6.07 Å². The lowest BCUT2D eigenvalue weighted by Crippen LogP contribution is -2.07. The van der Waals surface area contributed by atoms with Crippen LogP contribution in [0.3, 0.4) is 0 Å². The summed E-state index contributed by atoms with van der Waals surface area (Å²) in [5, 5.41) is 17.0. The molecule has 0 saturated carbocycles. The molecule has 1 rings (SSSR count). The van der Waals surface area contributed by atoms with Crippen LogP contribution >= 0.6 is 0 Å². The molecule has 0 aliphatic heterocycles. The molecule has 0 aliphatic carbocycles. The van der Waals surface area contributed by atoms with Crippen molar-refractivity contribution in [2.75, 3.05) is 0 Å². The second kappa shape index (κ2) is 4.88. The molecule has 3 nitrogen and oxygen atoms in total. The fourth-order valence-corrected chi connectivity index (χ4v) is 1.01. The molecule has 0 bridgehead atoms. The number of ketones is 1. The van der Waals surface area contributed by atoms with Gasteiger partial charge in [-0.15, -0.1) is 0 Å². The molecule has 0 radical (unpaired) electrons. The van der Waals surface area contributed by atoms with Gasteiger partial charge in [-0.2, -0.15) is 10.5 Å². The molecule has 74 valence electrons. The van der Waals surface area contributed by atoms with Crippen LogP contribution in [-0.2, 0) is 0 Å². The van der Waals surface area contributed by atoms with Gasteiger partial charge in [0, 0.05) is 7.77 Å². The van der Waals surface area contributed by atoms with Crippen molar-refractivity contribution < 1.29 is 10.6 Å². The summed E-state index contributed by atoms with van der Waals surface area (Å²) in [5.74, 6) is -2.99. The van der Waals surface area contributed by atoms with E-state index in [9.17, 15) is 9.18 Å². The minimum Gasteiger partial charge on any atom is -0.294 e. The SMILES string of the molecule is [2H]C(C(=O)c1ccccc1F)C(C#N)C#N. The van der Waals surface area contributed by atoms with E-state index < -0.39 is 23.9 Å². The smallest absolute Gasteiger partial charge is 0.168 e. The van der Waals surface area contributed by atoms with Crippen LogP contribution in [0.5, 0.6) is 0 Å². The van der Waals surface area contributed by atoms with Crippen LogP contribution in [0.4, 0.5) is 4.39 Å². The zero-order valence-electron chi connectivity index (χ0n) is 8.64. The largest absolute Gasteiger partial charge is 0.294 e. The van der Waals surface area contributed by atoms with Crippen LogP contribution in [0.1, 0.15) is 18.1 Å². The number of carbonyl (C=O) groups excluding carboxylic acids is 1. The van der Waals surface area contributed by atoms with Gasteiger partial charge in [-0.25, -0.2) is 4.39 Å². The first-order chi connectivity index (χ1) is 7.61. The monoisotopic (exact) mass is 203 g/mol. The highest BCUT2D eigenvalue weighted by molar-refractivity contribution is 5.96. The molecule has 0 spiro atoms. The molecule has 15 heavy (non-hydrogen) atoms. The van der Waals surface area contributed by atoms with E-state index in [2.05, 4.69) is 0 Å². The van der Waals surface area contributed by atoms with E-state index in [1.807, 2.05) is 0 Å². The maximum Gasteiger partial charge on any atom is 0.168 e. The highest BCUT2D eigenvalue weighted by atomic mass is 19.1. The Morgan fingerprint density at radius 1 is 1.47 bits per heavy atom. The number of nitriles is 2. The van der Waals surface area contributed by atoms with Crippen molar-refractivity contribution in [3.63, 3.8) is 0 Å². The van der Waals surface area contributed by atoms with Crippen LogP contribution in [0.25, 0.3) is 0 Å². The van der Waals surface area contributed by atoms with Gasteiger partial charge in [0.1, 0.15) is 11.7 Å². The highest BCUT2D eigenvalue weighted by Gasteiger charge is 2.16. The normalized spacial score (nSPS) is 12.4. The third kappa shape index (κ3) is 2.62. The summed E-state index contributed by atoms with van der Waals surface area (Å²) in [7, 11) is 0. The van der Waals surface area contributed by atoms with E-state index in [1.165, 1.54) is 30.3 Å². The van der Waals surface area contributed by atoms with Crippen LogP contribution < -0.4 is 0 Å². The summed E-state index contributed by atoms with van der Waals surface area (Å²) in [4.78, 5) is 11.6. The summed E-state index contributed by atoms with van der Waals surface area (Å²) in [6, 6.07) is 8.25. The predicted octanol–water partition coefficient (Wildman–Crippen LogP) is 2.06. The van der Waals surface area contributed by atoms with Gasteiger partial charge < -0.3 is 0 Å². The van der Waals surface area contributed by atoms with Gasteiger partial charge in [-0.3, -0.25) is 4.79 Å². The number of carbonyl (C=O) groups is 1. The van der Waals surface area contributed by atoms with Gasteiger partial charge >= 0.3 is 0 Å². The Morgan fingerprint density at radius 3 is 2.60 bits per heavy atom. The molecule has 0 fully saturated rings. The molecule has 0 N–H and O–H groups in total. The summed E-state index contributed by atoms with van der Waals surface area (Å²) in [6.07, 6.45) is -1.58. The second-order valence-electron chi connectivity index (χ2n) is 2.75. The van der Waals surface area contributed by atoms with Gasteiger partial charge in [-0.1, -0.05) is 12.1 Å². The van der Waals surface area contributed by atoms with Crippen LogP contribution in [0.2, 0.25) is 0 Å². The highest BCUT2D eigenvalue weighted by Crippen LogP contribution is 2.12. The Balaban J connectivity index is 3.01.